The second kappa shape index (κ2) is 4.78. The first-order valence-electron chi connectivity index (χ1n) is 6.36. The van der Waals surface area contributed by atoms with Gasteiger partial charge in [0, 0.05) is 6.04 Å². The number of hydrogen-bond acceptors (Lipinski definition) is 1. The molecule has 1 aliphatic carbocycles. The Morgan fingerprint density at radius 1 is 1.21 bits per heavy atom. The first-order chi connectivity index (χ1) is 8.74. The third kappa shape index (κ3) is 2.76. The predicted molar refractivity (Wildman–Crippen MR) is 64.9 cm³/mol. The fourth-order valence-electron chi connectivity index (χ4n) is 2.85. The molecule has 1 aliphatic rings. The maximum atomic E-state index is 13.2. The van der Waals surface area contributed by atoms with Gasteiger partial charge in [-0.15, -0.1) is 0 Å². The normalized spacial score (nSPS) is 20.5. The number of benzene rings is 1. The van der Waals surface area contributed by atoms with Crippen LogP contribution in [0.2, 0.25) is 0 Å². The topological polar surface area (TPSA) is 26.0 Å². The van der Waals surface area contributed by atoms with Crippen molar-refractivity contribution in [1.82, 2.24) is 0 Å². The summed E-state index contributed by atoms with van der Waals surface area (Å²) in [5, 5.41) is 0. The van der Waals surface area contributed by atoms with Gasteiger partial charge in [0.25, 0.3) is 0 Å². The maximum Gasteiger partial charge on any atom is 0.419 e. The summed E-state index contributed by atoms with van der Waals surface area (Å²) in [7, 11) is 0. The van der Waals surface area contributed by atoms with Gasteiger partial charge in [-0.05, 0) is 36.0 Å². The zero-order valence-corrected chi connectivity index (χ0v) is 10.7. The van der Waals surface area contributed by atoms with Crippen LogP contribution >= 0.6 is 0 Å². The molecule has 0 radical (unpaired) electrons. The molecule has 1 aromatic carbocycles. The molecule has 0 heterocycles. The van der Waals surface area contributed by atoms with Crippen LogP contribution in [0.25, 0.3) is 0 Å². The molecular weight excluding hydrogens is 258 g/mol. The predicted octanol–water partition coefficient (Wildman–Crippen LogP) is 4.42. The van der Waals surface area contributed by atoms with Gasteiger partial charge in [-0.25, -0.2) is 4.39 Å². The van der Waals surface area contributed by atoms with Crippen LogP contribution in [0.4, 0.5) is 17.6 Å². The number of rotatable bonds is 2. The number of halogens is 4. The molecule has 1 nitrogen and oxygen atoms in total. The van der Waals surface area contributed by atoms with Crippen LogP contribution in [-0.2, 0) is 6.18 Å². The molecule has 2 N–H and O–H groups in total. The Kier molecular flexibility index (Phi) is 3.60. The van der Waals surface area contributed by atoms with E-state index in [0.717, 1.165) is 37.8 Å². The highest BCUT2D eigenvalue weighted by Gasteiger charge is 2.38. The van der Waals surface area contributed by atoms with Gasteiger partial charge in [-0.3, -0.25) is 0 Å². The summed E-state index contributed by atoms with van der Waals surface area (Å²) in [5.74, 6) is -1.25. The van der Waals surface area contributed by atoms with Gasteiger partial charge < -0.3 is 5.73 Å². The van der Waals surface area contributed by atoms with Crippen molar-refractivity contribution in [3.05, 3.63) is 35.1 Å². The second-order valence-corrected chi connectivity index (χ2v) is 5.58. The Labute approximate surface area is 109 Å². The fourth-order valence-corrected chi connectivity index (χ4v) is 2.85. The molecular formula is C14H17F4N. The third-order valence-corrected chi connectivity index (χ3v) is 4.15. The SMILES string of the molecule is CC1(C(N)c2ccc(F)c(C(F)(F)F)c2)CCCC1. The molecule has 1 aromatic rings. The van der Waals surface area contributed by atoms with E-state index in [1.54, 1.807) is 0 Å². The van der Waals surface area contributed by atoms with Crippen molar-refractivity contribution in [2.45, 2.75) is 44.8 Å². The molecule has 1 fully saturated rings. The summed E-state index contributed by atoms with van der Waals surface area (Å²) in [6.07, 6.45) is -0.814. The largest absolute Gasteiger partial charge is 0.419 e. The average molecular weight is 275 g/mol. The lowest BCUT2D eigenvalue weighted by Gasteiger charge is -2.31. The summed E-state index contributed by atoms with van der Waals surface area (Å²) < 4.78 is 51.3. The second-order valence-electron chi connectivity index (χ2n) is 5.58. The Balaban J connectivity index is 2.36. The molecule has 0 aromatic heterocycles. The summed E-state index contributed by atoms with van der Waals surface area (Å²) in [5.41, 5.74) is 5.04. The van der Waals surface area contributed by atoms with Crippen molar-refractivity contribution in [3.63, 3.8) is 0 Å². The Hall–Kier alpha value is -1.10. The van der Waals surface area contributed by atoms with Crippen LogP contribution in [0, 0.1) is 11.2 Å². The minimum Gasteiger partial charge on any atom is -0.323 e. The molecule has 5 heteroatoms. The summed E-state index contributed by atoms with van der Waals surface area (Å²) in [6.45, 7) is 1.99. The minimum atomic E-state index is -4.68. The molecule has 19 heavy (non-hydrogen) atoms. The molecule has 0 aliphatic heterocycles. The van der Waals surface area contributed by atoms with E-state index in [9.17, 15) is 17.6 Å². The molecule has 1 saturated carbocycles. The fraction of sp³-hybridized carbons (Fsp3) is 0.571. The van der Waals surface area contributed by atoms with Crippen molar-refractivity contribution in [3.8, 4) is 0 Å². The van der Waals surface area contributed by atoms with E-state index in [2.05, 4.69) is 0 Å². The molecule has 0 spiro atoms. The molecule has 0 amide bonds. The van der Waals surface area contributed by atoms with E-state index < -0.39 is 23.6 Å². The molecule has 1 unspecified atom stereocenters. The van der Waals surface area contributed by atoms with Crippen molar-refractivity contribution >= 4 is 0 Å². The van der Waals surface area contributed by atoms with E-state index in [1.807, 2.05) is 6.92 Å². The zero-order valence-electron chi connectivity index (χ0n) is 10.7. The Morgan fingerprint density at radius 3 is 2.32 bits per heavy atom. The number of hydrogen-bond donors (Lipinski definition) is 1. The van der Waals surface area contributed by atoms with E-state index in [1.165, 1.54) is 6.07 Å². The summed E-state index contributed by atoms with van der Waals surface area (Å²) >= 11 is 0. The lowest BCUT2D eigenvalue weighted by atomic mass is 9.77. The van der Waals surface area contributed by atoms with Gasteiger partial charge in [-0.1, -0.05) is 25.8 Å². The van der Waals surface area contributed by atoms with Crippen molar-refractivity contribution < 1.29 is 17.6 Å². The lowest BCUT2D eigenvalue weighted by Crippen LogP contribution is -2.29. The molecule has 1 atom stereocenters. The first-order valence-corrected chi connectivity index (χ1v) is 6.36. The first kappa shape index (κ1) is 14.3. The zero-order chi connectivity index (χ0) is 14.3. The van der Waals surface area contributed by atoms with Crippen LogP contribution in [0.1, 0.15) is 49.8 Å². The van der Waals surface area contributed by atoms with Crippen molar-refractivity contribution in [2.75, 3.05) is 0 Å². The van der Waals surface area contributed by atoms with Gasteiger partial charge in [-0.2, -0.15) is 13.2 Å². The highest BCUT2D eigenvalue weighted by molar-refractivity contribution is 5.30. The third-order valence-electron chi connectivity index (χ3n) is 4.15. The number of alkyl halides is 3. The summed E-state index contributed by atoms with van der Waals surface area (Å²) in [6, 6.07) is 2.58. The van der Waals surface area contributed by atoms with E-state index in [-0.39, 0.29) is 5.41 Å². The van der Waals surface area contributed by atoms with Gasteiger partial charge in [0.05, 0.1) is 5.56 Å². The van der Waals surface area contributed by atoms with E-state index >= 15 is 0 Å². The minimum absolute atomic E-state index is 0.194. The lowest BCUT2D eigenvalue weighted by molar-refractivity contribution is -0.140. The smallest absolute Gasteiger partial charge is 0.323 e. The van der Waals surface area contributed by atoms with Crippen molar-refractivity contribution in [2.24, 2.45) is 11.1 Å². The van der Waals surface area contributed by atoms with Gasteiger partial charge in [0.1, 0.15) is 5.82 Å². The van der Waals surface area contributed by atoms with Crippen LogP contribution < -0.4 is 5.73 Å². The van der Waals surface area contributed by atoms with Gasteiger partial charge >= 0.3 is 6.18 Å². The van der Waals surface area contributed by atoms with Gasteiger partial charge in [0.15, 0.2) is 0 Å². The van der Waals surface area contributed by atoms with Crippen LogP contribution in [0.5, 0.6) is 0 Å². The molecule has 2 rings (SSSR count). The standard InChI is InChI=1S/C14H17F4N/c1-13(6-2-3-7-13)12(19)9-4-5-11(15)10(8-9)14(16,17)18/h4-5,8,12H,2-3,6-7,19H2,1H3. The molecule has 106 valence electrons. The Bertz CT molecular complexity index is 461. The quantitative estimate of drug-likeness (QED) is 0.794. The molecule has 0 bridgehead atoms. The molecule has 0 saturated heterocycles. The maximum absolute atomic E-state index is 13.2. The average Bonchev–Trinajstić information content (AvgIpc) is 2.76. The highest BCUT2D eigenvalue weighted by atomic mass is 19.4. The number of nitrogens with two attached hydrogens (primary N) is 1. The Morgan fingerprint density at radius 2 is 1.79 bits per heavy atom. The highest BCUT2D eigenvalue weighted by Crippen LogP contribution is 2.46. The van der Waals surface area contributed by atoms with Crippen molar-refractivity contribution in [1.29, 1.82) is 0 Å². The van der Waals surface area contributed by atoms with Crippen LogP contribution in [-0.4, -0.2) is 0 Å². The monoisotopic (exact) mass is 275 g/mol. The van der Waals surface area contributed by atoms with E-state index in [4.69, 9.17) is 5.73 Å². The van der Waals surface area contributed by atoms with E-state index in [0.29, 0.717) is 5.56 Å². The van der Waals surface area contributed by atoms with Gasteiger partial charge in [0.2, 0.25) is 0 Å². The van der Waals surface area contributed by atoms with Crippen LogP contribution in [0.3, 0.4) is 0 Å². The summed E-state index contributed by atoms with van der Waals surface area (Å²) in [4.78, 5) is 0. The van der Waals surface area contributed by atoms with Crippen LogP contribution in [0.15, 0.2) is 18.2 Å².